The highest BCUT2D eigenvalue weighted by Gasteiger charge is 2.62. The Kier molecular flexibility index (Phi) is 5.15. The monoisotopic (exact) mass is 248 g/mol. The number of esters is 1. The molecular weight excluding hydrogens is 235 g/mol. The summed E-state index contributed by atoms with van der Waals surface area (Å²) in [4.78, 5) is 10.9. The van der Waals surface area contributed by atoms with Crippen LogP contribution in [0.4, 0.5) is 22.0 Å². The molecular formula is C9H13F5O2. The van der Waals surface area contributed by atoms with E-state index in [1.54, 1.807) is 6.92 Å². The first kappa shape index (κ1) is 15.1. The third-order valence-corrected chi connectivity index (χ3v) is 1.93. The van der Waals surface area contributed by atoms with Gasteiger partial charge in [0.05, 0.1) is 0 Å². The summed E-state index contributed by atoms with van der Waals surface area (Å²) in [5.41, 5.74) is 0. The van der Waals surface area contributed by atoms with Crippen molar-refractivity contribution in [3.05, 3.63) is 0 Å². The number of rotatable bonds is 5. The van der Waals surface area contributed by atoms with E-state index < -0.39 is 24.2 Å². The van der Waals surface area contributed by atoms with Crippen LogP contribution in [0.15, 0.2) is 0 Å². The first-order chi connectivity index (χ1) is 7.13. The molecule has 1 unspecified atom stereocenters. The van der Waals surface area contributed by atoms with Gasteiger partial charge in [0.25, 0.3) is 0 Å². The average Bonchev–Trinajstić information content (AvgIpc) is 2.12. The molecule has 0 aromatic rings. The summed E-state index contributed by atoms with van der Waals surface area (Å²) in [6.45, 7) is 2.28. The first-order valence-electron chi connectivity index (χ1n) is 4.77. The lowest BCUT2D eigenvalue weighted by molar-refractivity contribution is -0.311. The van der Waals surface area contributed by atoms with E-state index in [-0.39, 0.29) is 6.42 Å². The fourth-order valence-electron chi connectivity index (χ4n) is 0.882. The molecule has 96 valence electrons. The summed E-state index contributed by atoms with van der Waals surface area (Å²) >= 11 is 0. The van der Waals surface area contributed by atoms with Crippen molar-refractivity contribution in [2.45, 2.75) is 51.3 Å². The molecule has 0 rings (SSSR count). The third kappa shape index (κ3) is 3.94. The van der Waals surface area contributed by atoms with Crippen LogP contribution in [0.25, 0.3) is 0 Å². The summed E-state index contributed by atoms with van der Waals surface area (Å²) in [5, 5.41) is 0. The highest BCUT2D eigenvalue weighted by atomic mass is 19.4. The van der Waals surface area contributed by atoms with Crippen LogP contribution in [0, 0.1) is 0 Å². The number of unbranched alkanes of at least 4 members (excludes halogenated alkanes) is 1. The SMILES string of the molecule is CCCCC(=O)OC(C)C(F)(F)C(F)(F)F. The summed E-state index contributed by atoms with van der Waals surface area (Å²) in [6.07, 6.45) is -7.36. The largest absolute Gasteiger partial charge is 0.457 e. The van der Waals surface area contributed by atoms with Gasteiger partial charge in [0.2, 0.25) is 0 Å². The van der Waals surface area contributed by atoms with Crippen LogP contribution >= 0.6 is 0 Å². The van der Waals surface area contributed by atoms with Crippen molar-refractivity contribution in [3.63, 3.8) is 0 Å². The normalized spacial score (nSPS) is 14.7. The second-order valence-corrected chi connectivity index (χ2v) is 3.36. The van der Waals surface area contributed by atoms with E-state index in [4.69, 9.17) is 0 Å². The quantitative estimate of drug-likeness (QED) is 0.551. The second-order valence-electron chi connectivity index (χ2n) is 3.36. The van der Waals surface area contributed by atoms with Gasteiger partial charge in [-0.3, -0.25) is 4.79 Å². The standard InChI is InChI=1S/C9H13F5O2/c1-3-4-5-7(15)16-6(2)8(10,11)9(12,13)14/h6H,3-5H2,1-2H3. The van der Waals surface area contributed by atoms with Crippen LogP contribution in [-0.4, -0.2) is 24.2 Å². The van der Waals surface area contributed by atoms with Gasteiger partial charge in [-0.25, -0.2) is 0 Å². The van der Waals surface area contributed by atoms with Gasteiger partial charge in [0.1, 0.15) is 0 Å². The van der Waals surface area contributed by atoms with E-state index in [2.05, 4.69) is 4.74 Å². The minimum atomic E-state index is -5.71. The summed E-state index contributed by atoms with van der Waals surface area (Å²) in [7, 11) is 0. The molecule has 0 bridgehead atoms. The summed E-state index contributed by atoms with van der Waals surface area (Å²) < 4.78 is 64.8. The number of hydrogen-bond acceptors (Lipinski definition) is 2. The van der Waals surface area contributed by atoms with Gasteiger partial charge >= 0.3 is 18.1 Å². The van der Waals surface area contributed by atoms with Crippen molar-refractivity contribution in [3.8, 4) is 0 Å². The minimum absolute atomic E-state index is 0.158. The molecule has 16 heavy (non-hydrogen) atoms. The Hall–Kier alpha value is -0.880. The first-order valence-corrected chi connectivity index (χ1v) is 4.77. The van der Waals surface area contributed by atoms with E-state index >= 15 is 0 Å². The molecule has 0 radical (unpaired) electrons. The lowest BCUT2D eigenvalue weighted by atomic mass is 10.2. The fraction of sp³-hybridized carbons (Fsp3) is 0.889. The van der Waals surface area contributed by atoms with Crippen molar-refractivity contribution in [1.29, 1.82) is 0 Å². The molecule has 0 saturated carbocycles. The summed E-state index contributed by atoms with van der Waals surface area (Å²) in [6, 6.07) is 0. The zero-order valence-corrected chi connectivity index (χ0v) is 8.90. The highest BCUT2D eigenvalue weighted by Crippen LogP contribution is 2.39. The zero-order valence-electron chi connectivity index (χ0n) is 8.90. The Bertz CT molecular complexity index is 237. The average molecular weight is 248 g/mol. The molecule has 0 spiro atoms. The Morgan fingerprint density at radius 3 is 2.12 bits per heavy atom. The van der Waals surface area contributed by atoms with E-state index in [0.29, 0.717) is 19.8 Å². The molecule has 0 aromatic carbocycles. The molecule has 2 nitrogen and oxygen atoms in total. The lowest BCUT2D eigenvalue weighted by Crippen LogP contribution is -2.47. The smallest absolute Gasteiger partial charge is 0.456 e. The van der Waals surface area contributed by atoms with E-state index in [1.807, 2.05) is 0 Å². The molecule has 0 aliphatic carbocycles. The van der Waals surface area contributed by atoms with Crippen molar-refractivity contribution in [2.75, 3.05) is 0 Å². The highest BCUT2D eigenvalue weighted by molar-refractivity contribution is 5.69. The topological polar surface area (TPSA) is 26.3 Å². The molecule has 0 saturated heterocycles. The van der Waals surface area contributed by atoms with Crippen LogP contribution < -0.4 is 0 Å². The maximum absolute atomic E-state index is 12.6. The van der Waals surface area contributed by atoms with Crippen molar-refractivity contribution in [1.82, 2.24) is 0 Å². The van der Waals surface area contributed by atoms with Crippen molar-refractivity contribution < 1.29 is 31.5 Å². The van der Waals surface area contributed by atoms with Gasteiger partial charge in [0, 0.05) is 6.42 Å². The predicted molar refractivity (Wildman–Crippen MR) is 46.1 cm³/mol. The predicted octanol–water partition coefficient (Wildman–Crippen LogP) is 3.31. The number of alkyl halides is 5. The van der Waals surface area contributed by atoms with Crippen molar-refractivity contribution in [2.24, 2.45) is 0 Å². The number of hydrogen-bond donors (Lipinski definition) is 0. The molecule has 7 heteroatoms. The number of ether oxygens (including phenoxy) is 1. The molecule has 0 N–H and O–H groups in total. The summed E-state index contributed by atoms with van der Waals surface area (Å²) in [5.74, 6) is -6.06. The van der Waals surface area contributed by atoms with Gasteiger partial charge in [-0.2, -0.15) is 22.0 Å². The Labute approximate surface area is 89.8 Å². The van der Waals surface area contributed by atoms with E-state index in [0.717, 1.165) is 0 Å². The van der Waals surface area contributed by atoms with Crippen LogP contribution in [0.1, 0.15) is 33.1 Å². The van der Waals surface area contributed by atoms with Gasteiger partial charge < -0.3 is 4.74 Å². The van der Waals surface area contributed by atoms with Crippen LogP contribution in [-0.2, 0) is 9.53 Å². The molecule has 0 aliphatic rings. The van der Waals surface area contributed by atoms with Gasteiger partial charge in [-0.1, -0.05) is 13.3 Å². The number of carbonyl (C=O) groups excluding carboxylic acids is 1. The molecule has 0 aliphatic heterocycles. The van der Waals surface area contributed by atoms with Crippen molar-refractivity contribution >= 4 is 5.97 Å². The third-order valence-electron chi connectivity index (χ3n) is 1.93. The molecule has 1 atom stereocenters. The van der Waals surface area contributed by atoms with E-state index in [9.17, 15) is 26.7 Å². The van der Waals surface area contributed by atoms with Crippen LogP contribution in [0.3, 0.4) is 0 Å². The molecule has 0 aromatic heterocycles. The maximum Gasteiger partial charge on any atom is 0.457 e. The molecule has 0 heterocycles. The minimum Gasteiger partial charge on any atom is -0.456 e. The second kappa shape index (κ2) is 5.45. The van der Waals surface area contributed by atoms with Gasteiger partial charge in [0.15, 0.2) is 6.10 Å². The zero-order chi connectivity index (χ0) is 13.0. The van der Waals surface area contributed by atoms with Gasteiger partial charge in [-0.05, 0) is 13.3 Å². The molecule has 0 amide bonds. The number of halogens is 5. The lowest BCUT2D eigenvalue weighted by Gasteiger charge is -2.25. The fourth-order valence-corrected chi connectivity index (χ4v) is 0.882. The van der Waals surface area contributed by atoms with E-state index in [1.165, 1.54) is 0 Å². The number of carbonyl (C=O) groups is 1. The molecule has 0 fully saturated rings. The van der Waals surface area contributed by atoms with Crippen LogP contribution in [0.5, 0.6) is 0 Å². The van der Waals surface area contributed by atoms with Crippen LogP contribution in [0.2, 0.25) is 0 Å². The van der Waals surface area contributed by atoms with Gasteiger partial charge in [-0.15, -0.1) is 0 Å². The Morgan fingerprint density at radius 2 is 1.75 bits per heavy atom. The maximum atomic E-state index is 12.6. The Morgan fingerprint density at radius 1 is 1.25 bits per heavy atom. The Balaban J connectivity index is 4.35.